The van der Waals surface area contributed by atoms with Crippen LogP contribution in [0.5, 0.6) is 0 Å². The zero-order valence-corrected chi connectivity index (χ0v) is 13.5. The molecule has 0 aromatic rings. The number of guanidine groups is 1. The third-order valence-corrected chi connectivity index (χ3v) is 5.54. The molecule has 0 radical (unpaired) electrons. The van der Waals surface area contributed by atoms with Crippen LogP contribution in [0.3, 0.4) is 0 Å². The fraction of sp³-hybridized carbons (Fsp3) is 0.923. The third-order valence-electron chi connectivity index (χ3n) is 3.67. The highest BCUT2D eigenvalue weighted by Gasteiger charge is 2.14. The highest BCUT2D eigenvalue weighted by atomic mass is 32.2. The number of nitrogens with zero attached hydrogens (tertiary/aromatic N) is 3. The van der Waals surface area contributed by atoms with E-state index < -0.39 is 10.0 Å². The van der Waals surface area contributed by atoms with Crippen molar-refractivity contribution in [1.29, 1.82) is 0 Å². The number of rotatable bonds is 6. The number of aliphatic imine (C=N–C) groups is 1. The molecule has 1 fully saturated rings. The molecule has 0 aromatic carbocycles. The Labute approximate surface area is 123 Å². The van der Waals surface area contributed by atoms with Crippen LogP contribution in [-0.4, -0.2) is 62.6 Å². The molecule has 118 valence electrons. The zero-order valence-electron chi connectivity index (χ0n) is 12.7. The van der Waals surface area contributed by atoms with Gasteiger partial charge in [-0.2, -0.15) is 0 Å². The van der Waals surface area contributed by atoms with E-state index in [0.717, 1.165) is 13.1 Å². The van der Waals surface area contributed by atoms with Crippen LogP contribution in [-0.2, 0) is 10.0 Å². The molecule has 0 amide bonds. The molecule has 0 aromatic heterocycles. The molecule has 7 heteroatoms. The van der Waals surface area contributed by atoms with Crippen molar-refractivity contribution >= 4 is 16.0 Å². The van der Waals surface area contributed by atoms with Gasteiger partial charge < -0.3 is 10.6 Å². The normalized spacial score (nSPS) is 18.4. The molecule has 0 atom stereocenters. The SMILES string of the molecule is CCS(=O)(=O)N(C)CCCN=C(N)N1CCCCCC1. The standard InChI is InChI=1S/C13H28N4O2S/c1-3-20(18,19)16(2)10-8-9-15-13(14)17-11-6-4-5-7-12-17/h3-12H2,1-2H3,(H2,14,15). The van der Waals surface area contributed by atoms with Crippen molar-refractivity contribution < 1.29 is 8.42 Å². The summed E-state index contributed by atoms with van der Waals surface area (Å²) in [7, 11) is -1.47. The van der Waals surface area contributed by atoms with Gasteiger partial charge in [0.2, 0.25) is 10.0 Å². The number of nitrogens with two attached hydrogens (primary N) is 1. The summed E-state index contributed by atoms with van der Waals surface area (Å²) in [6.45, 7) is 4.69. The van der Waals surface area contributed by atoms with Crippen molar-refractivity contribution in [2.75, 3.05) is 39.0 Å². The smallest absolute Gasteiger partial charge is 0.213 e. The van der Waals surface area contributed by atoms with Gasteiger partial charge in [-0.25, -0.2) is 12.7 Å². The summed E-state index contributed by atoms with van der Waals surface area (Å²) >= 11 is 0. The van der Waals surface area contributed by atoms with E-state index in [0.29, 0.717) is 25.5 Å². The summed E-state index contributed by atoms with van der Waals surface area (Å²) in [5.41, 5.74) is 5.99. The minimum absolute atomic E-state index is 0.142. The van der Waals surface area contributed by atoms with Crippen molar-refractivity contribution in [3.8, 4) is 0 Å². The summed E-state index contributed by atoms with van der Waals surface area (Å²) in [6, 6.07) is 0. The van der Waals surface area contributed by atoms with E-state index in [1.54, 1.807) is 14.0 Å². The van der Waals surface area contributed by atoms with E-state index in [9.17, 15) is 8.42 Å². The van der Waals surface area contributed by atoms with Gasteiger partial charge in [0.15, 0.2) is 5.96 Å². The van der Waals surface area contributed by atoms with Crippen LogP contribution in [0.25, 0.3) is 0 Å². The Morgan fingerprint density at radius 3 is 2.40 bits per heavy atom. The molecule has 6 nitrogen and oxygen atoms in total. The van der Waals surface area contributed by atoms with Crippen molar-refractivity contribution in [2.24, 2.45) is 10.7 Å². The first-order chi connectivity index (χ1) is 9.47. The lowest BCUT2D eigenvalue weighted by Gasteiger charge is -2.21. The summed E-state index contributed by atoms with van der Waals surface area (Å²) in [5, 5.41) is 0. The Balaban J connectivity index is 2.33. The first kappa shape index (κ1) is 17.2. The third kappa shape index (κ3) is 5.66. The number of hydrogen-bond acceptors (Lipinski definition) is 3. The van der Waals surface area contributed by atoms with E-state index in [2.05, 4.69) is 9.89 Å². The monoisotopic (exact) mass is 304 g/mol. The predicted molar refractivity (Wildman–Crippen MR) is 83.2 cm³/mol. The maximum absolute atomic E-state index is 11.6. The van der Waals surface area contributed by atoms with Crippen LogP contribution in [0, 0.1) is 0 Å². The second kappa shape index (κ2) is 8.46. The molecule has 20 heavy (non-hydrogen) atoms. The van der Waals surface area contributed by atoms with Gasteiger partial charge in [0.1, 0.15) is 0 Å². The first-order valence-corrected chi connectivity index (χ1v) is 9.07. The zero-order chi connectivity index (χ0) is 15.0. The van der Waals surface area contributed by atoms with Crippen molar-refractivity contribution in [3.63, 3.8) is 0 Å². The lowest BCUT2D eigenvalue weighted by atomic mass is 10.2. The van der Waals surface area contributed by atoms with Gasteiger partial charge in [0, 0.05) is 33.2 Å². The second-order valence-electron chi connectivity index (χ2n) is 5.22. The fourth-order valence-electron chi connectivity index (χ4n) is 2.25. The number of likely N-dealkylation sites (tertiary alicyclic amines) is 1. The van der Waals surface area contributed by atoms with Crippen LogP contribution in [0.1, 0.15) is 39.0 Å². The lowest BCUT2D eigenvalue weighted by molar-refractivity contribution is 0.426. The van der Waals surface area contributed by atoms with Gasteiger partial charge in [-0.15, -0.1) is 0 Å². The summed E-state index contributed by atoms with van der Waals surface area (Å²) in [5.74, 6) is 0.746. The van der Waals surface area contributed by atoms with Gasteiger partial charge in [-0.3, -0.25) is 4.99 Å². The topological polar surface area (TPSA) is 79.0 Å². The van der Waals surface area contributed by atoms with Crippen LogP contribution in [0.4, 0.5) is 0 Å². The average Bonchev–Trinajstić information content (AvgIpc) is 2.72. The highest BCUT2D eigenvalue weighted by molar-refractivity contribution is 7.89. The molecular formula is C13H28N4O2S. The van der Waals surface area contributed by atoms with E-state index in [-0.39, 0.29) is 5.75 Å². The molecule has 0 bridgehead atoms. The Morgan fingerprint density at radius 2 is 1.85 bits per heavy atom. The number of sulfonamides is 1. The van der Waals surface area contributed by atoms with Gasteiger partial charge >= 0.3 is 0 Å². The molecule has 1 heterocycles. The molecule has 0 unspecified atom stereocenters. The molecular weight excluding hydrogens is 276 g/mol. The minimum atomic E-state index is -3.08. The van der Waals surface area contributed by atoms with E-state index in [1.807, 2.05) is 0 Å². The minimum Gasteiger partial charge on any atom is -0.370 e. The van der Waals surface area contributed by atoms with Crippen molar-refractivity contribution in [1.82, 2.24) is 9.21 Å². The molecule has 1 saturated heterocycles. The Hall–Kier alpha value is -0.820. The van der Waals surface area contributed by atoms with Gasteiger partial charge in [0.25, 0.3) is 0 Å². The molecule has 2 N–H and O–H groups in total. The Kier molecular flexibility index (Phi) is 7.29. The van der Waals surface area contributed by atoms with Crippen LogP contribution >= 0.6 is 0 Å². The molecule has 0 spiro atoms. The summed E-state index contributed by atoms with van der Waals surface area (Å²) in [4.78, 5) is 6.51. The van der Waals surface area contributed by atoms with Gasteiger partial charge in [0.05, 0.1) is 5.75 Å². The van der Waals surface area contributed by atoms with E-state index in [1.165, 1.54) is 30.0 Å². The largest absolute Gasteiger partial charge is 0.370 e. The average molecular weight is 304 g/mol. The summed E-state index contributed by atoms with van der Waals surface area (Å²) in [6.07, 6.45) is 5.58. The molecule has 0 aliphatic carbocycles. The Morgan fingerprint density at radius 1 is 1.25 bits per heavy atom. The quantitative estimate of drug-likeness (QED) is 0.448. The molecule has 1 rings (SSSR count). The highest BCUT2D eigenvalue weighted by Crippen LogP contribution is 2.09. The van der Waals surface area contributed by atoms with Crippen molar-refractivity contribution in [2.45, 2.75) is 39.0 Å². The lowest BCUT2D eigenvalue weighted by Crippen LogP contribution is -2.38. The molecule has 0 saturated carbocycles. The molecule has 1 aliphatic rings. The van der Waals surface area contributed by atoms with Crippen LogP contribution in [0.15, 0.2) is 4.99 Å². The second-order valence-corrected chi connectivity index (χ2v) is 7.58. The van der Waals surface area contributed by atoms with Crippen molar-refractivity contribution in [3.05, 3.63) is 0 Å². The predicted octanol–water partition coefficient (Wildman–Crippen LogP) is 0.849. The van der Waals surface area contributed by atoms with Crippen LogP contribution in [0.2, 0.25) is 0 Å². The van der Waals surface area contributed by atoms with E-state index >= 15 is 0 Å². The first-order valence-electron chi connectivity index (χ1n) is 7.46. The fourth-order valence-corrected chi connectivity index (χ4v) is 3.09. The molecule has 1 aliphatic heterocycles. The Bertz CT molecular complexity index is 401. The van der Waals surface area contributed by atoms with Gasteiger partial charge in [-0.1, -0.05) is 12.8 Å². The van der Waals surface area contributed by atoms with Gasteiger partial charge in [-0.05, 0) is 26.2 Å². The maximum atomic E-state index is 11.6. The van der Waals surface area contributed by atoms with Crippen LogP contribution < -0.4 is 5.73 Å². The van der Waals surface area contributed by atoms with E-state index in [4.69, 9.17) is 5.73 Å². The summed E-state index contributed by atoms with van der Waals surface area (Å²) < 4.78 is 24.5. The number of hydrogen-bond donors (Lipinski definition) is 1. The maximum Gasteiger partial charge on any atom is 0.213 e.